The number of carbonyl (C=O) groups is 2. The third-order valence-corrected chi connectivity index (χ3v) is 6.65. The van der Waals surface area contributed by atoms with Crippen LogP contribution in [0.1, 0.15) is 38.2 Å². The number of amides is 1. The number of rotatable bonds is 6. The minimum Gasteiger partial charge on any atom is -0.480 e. The van der Waals surface area contributed by atoms with Gasteiger partial charge in [-0.1, -0.05) is 0 Å². The molecule has 0 saturated heterocycles. The molecule has 0 aliphatic rings. The Bertz CT molecular complexity index is 1010. The van der Waals surface area contributed by atoms with Crippen LogP contribution in [-0.4, -0.2) is 31.9 Å². The summed E-state index contributed by atoms with van der Waals surface area (Å²) in [6, 6.07) is 5.79. The SMILES string of the molecule is Cc1c(C)c(C)c(S(=O)(=O)Nc2ccc(C(=O)NCC(=O)O)cc2)c(C)c1C. The zero-order valence-corrected chi connectivity index (χ0v) is 17.3. The molecule has 0 atom stereocenters. The Balaban J connectivity index is 2.31. The Kier molecular flexibility index (Phi) is 6.14. The number of carboxylic acid groups (broad SMARTS) is 1. The van der Waals surface area contributed by atoms with Gasteiger partial charge >= 0.3 is 5.97 Å². The summed E-state index contributed by atoms with van der Waals surface area (Å²) in [7, 11) is -3.82. The van der Waals surface area contributed by atoms with Gasteiger partial charge in [0.1, 0.15) is 6.54 Å². The third-order valence-electron chi connectivity index (χ3n) is 5.00. The predicted molar refractivity (Wildman–Crippen MR) is 107 cm³/mol. The Hall–Kier alpha value is -2.87. The van der Waals surface area contributed by atoms with E-state index in [0.717, 1.165) is 16.7 Å². The van der Waals surface area contributed by atoms with Gasteiger partial charge in [0.25, 0.3) is 15.9 Å². The summed E-state index contributed by atoms with van der Waals surface area (Å²) in [6.07, 6.45) is 0. The molecule has 7 nitrogen and oxygen atoms in total. The number of aliphatic carboxylic acids is 1. The molecule has 2 rings (SSSR count). The second-order valence-electron chi connectivity index (χ2n) is 6.71. The Morgan fingerprint density at radius 3 is 1.79 bits per heavy atom. The van der Waals surface area contributed by atoms with Crippen LogP contribution in [-0.2, 0) is 14.8 Å². The van der Waals surface area contributed by atoms with Crippen molar-refractivity contribution in [3.8, 4) is 0 Å². The number of nitrogens with one attached hydrogen (secondary N) is 2. The van der Waals surface area contributed by atoms with E-state index in [1.54, 1.807) is 13.8 Å². The fraction of sp³-hybridized carbons (Fsp3) is 0.300. The van der Waals surface area contributed by atoms with E-state index in [9.17, 15) is 18.0 Å². The lowest BCUT2D eigenvalue weighted by molar-refractivity contribution is -0.135. The summed E-state index contributed by atoms with van der Waals surface area (Å²) in [4.78, 5) is 22.6. The minimum atomic E-state index is -3.82. The summed E-state index contributed by atoms with van der Waals surface area (Å²) in [5.41, 5.74) is 4.91. The highest BCUT2D eigenvalue weighted by Crippen LogP contribution is 2.30. The van der Waals surface area contributed by atoms with E-state index in [1.165, 1.54) is 24.3 Å². The topological polar surface area (TPSA) is 113 Å². The van der Waals surface area contributed by atoms with Crippen LogP contribution in [0.4, 0.5) is 5.69 Å². The van der Waals surface area contributed by atoms with Crippen molar-refractivity contribution in [1.29, 1.82) is 0 Å². The lowest BCUT2D eigenvalue weighted by Crippen LogP contribution is -2.29. The molecule has 2 aromatic rings. The highest BCUT2D eigenvalue weighted by atomic mass is 32.2. The van der Waals surface area contributed by atoms with E-state index >= 15 is 0 Å². The summed E-state index contributed by atoms with van der Waals surface area (Å²) < 4.78 is 28.6. The van der Waals surface area contributed by atoms with Gasteiger partial charge in [-0.2, -0.15) is 0 Å². The number of benzene rings is 2. The molecule has 0 unspecified atom stereocenters. The number of anilines is 1. The zero-order valence-electron chi connectivity index (χ0n) is 16.5. The standard InChI is InChI=1S/C20H24N2O5S/c1-11-12(2)14(4)19(15(5)13(11)3)28(26,27)22-17-8-6-16(7-9-17)20(25)21-10-18(23)24/h6-9,22H,10H2,1-5H3,(H,21,25)(H,23,24). The molecule has 0 fully saturated rings. The average molecular weight is 404 g/mol. The van der Waals surface area contributed by atoms with Gasteiger partial charge in [0.2, 0.25) is 0 Å². The van der Waals surface area contributed by atoms with Gasteiger partial charge < -0.3 is 10.4 Å². The van der Waals surface area contributed by atoms with E-state index in [4.69, 9.17) is 5.11 Å². The lowest BCUT2D eigenvalue weighted by Gasteiger charge is -2.19. The largest absolute Gasteiger partial charge is 0.480 e. The molecular weight excluding hydrogens is 380 g/mol. The second kappa shape index (κ2) is 8.02. The van der Waals surface area contributed by atoms with Gasteiger partial charge in [-0.3, -0.25) is 14.3 Å². The average Bonchev–Trinajstić information content (AvgIpc) is 2.63. The Morgan fingerprint density at radius 1 is 0.857 bits per heavy atom. The molecule has 1 amide bonds. The maximum Gasteiger partial charge on any atom is 0.322 e. The van der Waals surface area contributed by atoms with Crippen molar-refractivity contribution < 1.29 is 23.1 Å². The first kappa shape index (κ1) is 21.4. The Labute approximate surface area is 164 Å². The minimum absolute atomic E-state index is 0.235. The van der Waals surface area contributed by atoms with Crippen LogP contribution in [0.2, 0.25) is 0 Å². The van der Waals surface area contributed by atoms with Gasteiger partial charge in [0.05, 0.1) is 4.90 Å². The molecule has 2 aromatic carbocycles. The van der Waals surface area contributed by atoms with Crippen molar-refractivity contribution >= 4 is 27.6 Å². The van der Waals surface area contributed by atoms with Crippen molar-refractivity contribution in [2.75, 3.05) is 11.3 Å². The van der Waals surface area contributed by atoms with Crippen LogP contribution in [0.25, 0.3) is 0 Å². The molecule has 0 saturated carbocycles. The van der Waals surface area contributed by atoms with Crippen molar-refractivity contribution in [2.24, 2.45) is 0 Å². The van der Waals surface area contributed by atoms with E-state index in [2.05, 4.69) is 10.0 Å². The van der Waals surface area contributed by atoms with Gasteiger partial charge in [-0.05, 0) is 86.7 Å². The first-order valence-corrected chi connectivity index (χ1v) is 10.1. The molecule has 8 heteroatoms. The van der Waals surface area contributed by atoms with Crippen LogP contribution in [0.15, 0.2) is 29.2 Å². The van der Waals surface area contributed by atoms with Crippen molar-refractivity contribution in [3.63, 3.8) is 0 Å². The summed E-state index contributed by atoms with van der Waals surface area (Å²) in [5.74, 6) is -1.69. The highest BCUT2D eigenvalue weighted by Gasteiger charge is 2.23. The van der Waals surface area contributed by atoms with Crippen LogP contribution >= 0.6 is 0 Å². The van der Waals surface area contributed by atoms with Crippen LogP contribution in [0.3, 0.4) is 0 Å². The monoisotopic (exact) mass is 404 g/mol. The van der Waals surface area contributed by atoms with Gasteiger partial charge in [-0.25, -0.2) is 8.42 Å². The van der Waals surface area contributed by atoms with Crippen LogP contribution in [0, 0.1) is 34.6 Å². The summed E-state index contributed by atoms with van der Waals surface area (Å²) in [5, 5.41) is 10.8. The number of sulfonamides is 1. The number of hydrogen-bond acceptors (Lipinski definition) is 4. The van der Waals surface area contributed by atoms with Crippen molar-refractivity contribution in [3.05, 3.63) is 57.6 Å². The molecule has 0 heterocycles. The zero-order chi connectivity index (χ0) is 21.2. The van der Waals surface area contributed by atoms with E-state index < -0.39 is 28.4 Å². The quantitative estimate of drug-likeness (QED) is 0.685. The molecule has 0 bridgehead atoms. The normalized spacial score (nSPS) is 11.2. The second-order valence-corrected chi connectivity index (χ2v) is 8.33. The number of carboxylic acids is 1. The molecule has 150 valence electrons. The fourth-order valence-corrected chi connectivity index (χ4v) is 4.68. The van der Waals surface area contributed by atoms with Crippen LogP contribution in [0.5, 0.6) is 0 Å². The van der Waals surface area contributed by atoms with Gasteiger partial charge in [0, 0.05) is 11.3 Å². The van der Waals surface area contributed by atoms with E-state index in [0.29, 0.717) is 16.8 Å². The van der Waals surface area contributed by atoms with Crippen molar-refractivity contribution in [1.82, 2.24) is 5.32 Å². The molecule has 0 radical (unpaired) electrons. The predicted octanol–water partition coefficient (Wildman–Crippen LogP) is 2.84. The van der Waals surface area contributed by atoms with Gasteiger partial charge in [-0.15, -0.1) is 0 Å². The van der Waals surface area contributed by atoms with Gasteiger partial charge in [0.15, 0.2) is 0 Å². The summed E-state index contributed by atoms with van der Waals surface area (Å²) >= 11 is 0. The molecule has 0 aliphatic carbocycles. The van der Waals surface area contributed by atoms with E-state index in [-0.39, 0.29) is 10.5 Å². The molecule has 0 aliphatic heterocycles. The summed E-state index contributed by atoms with van der Waals surface area (Å²) in [6.45, 7) is 8.88. The molecule has 0 aromatic heterocycles. The maximum absolute atomic E-state index is 13.0. The molecule has 3 N–H and O–H groups in total. The molecule has 0 spiro atoms. The van der Waals surface area contributed by atoms with Crippen LogP contribution < -0.4 is 10.0 Å². The first-order valence-electron chi connectivity index (χ1n) is 8.65. The molecule has 28 heavy (non-hydrogen) atoms. The Morgan fingerprint density at radius 2 is 1.32 bits per heavy atom. The number of hydrogen-bond donors (Lipinski definition) is 3. The third kappa shape index (κ3) is 4.33. The fourth-order valence-electron chi connectivity index (χ4n) is 3.02. The lowest BCUT2D eigenvalue weighted by atomic mass is 9.95. The first-order chi connectivity index (χ1) is 13.0. The smallest absolute Gasteiger partial charge is 0.322 e. The van der Waals surface area contributed by atoms with Crippen molar-refractivity contribution in [2.45, 2.75) is 39.5 Å². The highest BCUT2D eigenvalue weighted by molar-refractivity contribution is 7.92. The maximum atomic E-state index is 13.0. The van der Waals surface area contributed by atoms with E-state index in [1.807, 2.05) is 20.8 Å². The number of carbonyl (C=O) groups excluding carboxylic acids is 1. The molecular formula is C20H24N2O5S.